The Morgan fingerprint density at radius 3 is 2.67 bits per heavy atom. The van der Waals surface area contributed by atoms with Gasteiger partial charge in [-0.1, -0.05) is 18.2 Å². The molecule has 0 spiro atoms. The lowest BCUT2D eigenvalue weighted by Crippen LogP contribution is -2.46. The molecule has 24 heavy (non-hydrogen) atoms. The summed E-state index contributed by atoms with van der Waals surface area (Å²) in [6, 6.07) is 5.56. The standard InChI is InChI=1S/C17H19F4N3/c18-4-5-24-12-15(8-22-24)11-23-9-14(10-23)6-13-2-1-3-16(7-13)17(19,20)21/h1-3,7-8,12,14H,4-6,9-11H2. The van der Waals surface area contributed by atoms with E-state index in [1.807, 2.05) is 6.20 Å². The molecule has 1 aliphatic heterocycles. The van der Waals surface area contributed by atoms with Crippen LogP contribution in [0.4, 0.5) is 17.6 Å². The van der Waals surface area contributed by atoms with Crippen molar-refractivity contribution in [1.29, 1.82) is 0 Å². The average molecular weight is 341 g/mol. The maximum atomic E-state index is 12.7. The molecule has 1 aromatic heterocycles. The summed E-state index contributed by atoms with van der Waals surface area (Å²) in [5, 5.41) is 4.08. The normalized spacial score (nSPS) is 16.3. The second kappa shape index (κ2) is 6.93. The molecule has 1 saturated heterocycles. The number of halogens is 4. The fourth-order valence-corrected chi connectivity index (χ4v) is 3.10. The topological polar surface area (TPSA) is 21.1 Å². The van der Waals surface area contributed by atoms with Gasteiger partial charge in [-0.25, -0.2) is 4.39 Å². The first kappa shape index (κ1) is 17.0. The number of aryl methyl sites for hydroxylation is 1. The molecule has 3 rings (SSSR count). The first-order valence-corrected chi connectivity index (χ1v) is 7.90. The van der Waals surface area contributed by atoms with Crippen molar-refractivity contribution in [2.24, 2.45) is 5.92 Å². The van der Waals surface area contributed by atoms with Gasteiger partial charge < -0.3 is 0 Å². The highest BCUT2D eigenvalue weighted by atomic mass is 19.4. The van der Waals surface area contributed by atoms with Crippen LogP contribution in [0.3, 0.4) is 0 Å². The molecule has 0 radical (unpaired) electrons. The summed E-state index contributed by atoms with van der Waals surface area (Å²) in [4.78, 5) is 2.22. The van der Waals surface area contributed by atoms with Crippen LogP contribution in [0.1, 0.15) is 16.7 Å². The van der Waals surface area contributed by atoms with Crippen molar-refractivity contribution in [2.75, 3.05) is 19.8 Å². The Bertz CT molecular complexity index is 674. The van der Waals surface area contributed by atoms with E-state index in [1.54, 1.807) is 16.9 Å². The van der Waals surface area contributed by atoms with Gasteiger partial charge in [0.25, 0.3) is 0 Å². The van der Waals surface area contributed by atoms with Crippen molar-refractivity contribution in [1.82, 2.24) is 14.7 Å². The first-order chi connectivity index (χ1) is 11.4. The number of likely N-dealkylation sites (tertiary alicyclic amines) is 1. The number of hydrogen-bond acceptors (Lipinski definition) is 2. The van der Waals surface area contributed by atoms with E-state index in [9.17, 15) is 17.6 Å². The van der Waals surface area contributed by atoms with Crippen molar-refractivity contribution in [3.63, 3.8) is 0 Å². The van der Waals surface area contributed by atoms with E-state index in [2.05, 4.69) is 10.00 Å². The minimum atomic E-state index is -4.29. The number of alkyl halides is 4. The van der Waals surface area contributed by atoms with Crippen LogP contribution in [-0.2, 0) is 25.7 Å². The molecule has 1 aliphatic rings. The average Bonchev–Trinajstić information content (AvgIpc) is 2.92. The lowest BCUT2D eigenvalue weighted by molar-refractivity contribution is -0.137. The van der Waals surface area contributed by atoms with Crippen molar-refractivity contribution in [3.8, 4) is 0 Å². The van der Waals surface area contributed by atoms with Gasteiger partial charge in [-0.3, -0.25) is 9.58 Å². The smallest absolute Gasteiger partial charge is 0.298 e. The summed E-state index contributed by atoms with van der Waals surface area (Å²) in [7, 11) is 0. The highest BCUT2D eigenvalue weighted by molar-refractivity contribution is 5.26. The van der Waals surface area contributed by atoms with Gasteiger partial charge in [-0.2, -0.15) is 18.3 Å². The predicted octanol–water partition coefficient (Wildman–Crippen LogP) is 3.55. The Kier molecular flexibility index (Phi) is 4.89. The van der Waals surface area contributed by atoms with Gasteiger partial charge in [0.05, 0.1) is 18.3 Å². The van der Waals surface area contributed by atoms with Crippen LogP contribution in [0.2, 0.25) is 0 Å². The van der Waals surface area contributed by atoms with E-state index >= 15 is 0 Å². The van der Waals surface area contributed by atoms with Crippen LogP contribution in [0, 0.1) is 5.92 Å². The van der Waals surface area contributed by atoms with Crippen molar-refractivity contribution >= 4 is 0 Å². The van der Waals surface area contributed by atoms with E-state index in [0.29, 0.717) is 12.3 Å². The molecule has 1 aromatic carbocycles. The van der Waals surface area contributed by atoms with Crippen molar-refractivity contribution in [3.05, 3.63) is 53.3 Å². The summed E-state index contributed by atoms with van der Waals surface area (Å²) in [6.07, 6.45) is -0.0710. The van der Waals surface area contributed by atoms with Crippen molar-refractivity contribution in [2.45, 2.75) is 25.7 Å². The van der Waals surface area contributed by atoms with Crippen LogP contribution in [0.15, 0.2) is 36.7 Å². The van der Waals surface area contributed by atoms with Crippen LogP contribution < -0.4 is 0 Å². The minimum Gasteiger partial charge on any atom is -0.298 e. The fraction of sp³-hybridized carbons (Fsp3) is 0.471. The van der Waals surface area contributed by atoms with Gasteiger partial charge in [0, 0.05) is 31.4 Å². The minimum absolute atomic E-state index is 0.262. The molecule has 130 valence electrons. The van der Waals surface area contributed by atoms with Crippen LogP contribution in [0.25, 0.3) is 0 Å². The zero-order chi connectivity index (χ0) is 17.2. The Balaban J connectivity index is 1.48. The monoisotopic (exact) mass is 341 g/mol. The molecule has 0 bridgehead atoms. The third kappa shape index (κ3) is 4.14. The van der Waals surface area contributed by atoms with Gasteiger partial charge in [0.15, 0.2) is 0 Å². The zero-order valence-corrected chi connectivity index (χ0v) is 13.1. The Morgan fingerprint density at radius 2 is 1.96 bits per heavy atom. The molecule has 0 amide bonds. The van der Waals surface area contributed by atoms with Gasteiger partial charge in [-0.15, -0.1) is 0 Å². The second-order valence-corrected chi connectivity index (χ2v) is 6.26. The molecule has 1 fully saturated rings. The molecule has 7 heteroatoms. The lowest BCUT2D eigenvalue weighted by Gasteiger charge is -2.39. The molecule has 2 aromatic rings. The van der Waals surface area contributed by atoms with Gasteiger partial charge in [-0.05, 0) is 24.0 Å². The number of hydrogen-bond donors (Lipinski definition) is 0. The molecule has 3 nitrogen and oxygen atoms in total. The summed E-state index contributed by atoms with van der Waals surface area (Å²) >= 11 is 0. The quantitative estimate of drug-likeness (QED) is 0.750. The molecule has 0 N–H and O–H groups in total. The maximum Gasteiger partial charge on any atom is 0.416 e. The molecule has 0 saturated carbocycles. The van der Waals surface area contributed by atoms with E-state index < -0.39 is 18.4 Å². The number of benzene rings is 1. The van der Waals surface area contributed by atoms with Gasteiger partial charge in [0.1, 0.15) is 6.67 Å². The Hall–Kier alpha value is -1.89. The lowest BCUT2D eigenvalue weighted by atomic mass is 9.91. The van der Waals surface area contributed by atoms with Gasteiger partial charge in [0.2, 0.25) is 0 Å². The van der Waals surface area contributed by atoms with Crippen molar-refractivity contribution < 1.29 is 17.6 Å². The summed E-state index contributed by atoms with van der Waals surface area (Å²) in [5.41, 5.74) is 1.17. The van der Waals surface area contributed by atoms with Crippen LogP contribution in [0.5, 0.6) is 0 Å². The summed E-state index contributed by atoms with van der Waals surface area (Å²) in [5.74, 6) is 0.370. The molecule has 0 atom stereocenters. The molecule has 0 unspecified atom stereocenters. The highest BCUT2D eigenvalue weighted by Gasteiger charge is 2.31. The van der Waals surface area contributed by atoms with E-state index in [-0.39, 0.29) is 6.54 Å². The molecule has 2 heterocycles. The third-order valence-corrected chi connectivity index (χ3v) is 4.22. The molecular formula is C17H19F4N3. The van der Waals surface area contributed by atoms with Gasteiger partial charge >= 0.3 is 6.18 Å². The SMILES string of the molecule is FCCn1cc(CN2CC(Cc3cccc(C(F)(F)F)c3)C2)cn1. The largest absolute Gasteiger partial charge is 0.416 e. The predicted molar refractivity (Wildman–Crippen MR) is 82.1 cm³/mol. The fourth-order valence-electron chi connectivity index (χ4n) is 3.10. The Labute approximate surface area is 137 Å². The van der Waals surface area contributed by atoms with E-state index in [4.69, 9.17) is 0 Å². The second-order valence-electron chi connectivity index (χ2n) is 6.26. The van der Waals surface area contributed by atoms with E-state index in [1.165, 1.54) is 12.1 Å². The number of nitrogens with zero attached hydrogens (tertiary/aromatic N) is 3. The van der Waals surface area contributed by atoms with Crippen LogP contribution in [-0.4, -0.2) is 34.4 Å². The van der Waals surface area contributed by atoms with E-state index in [0.717, 1.165) is 36.8 Å². The summed E-state index contributed by atoms with van der Waals surface area (Å²) < 4.78 is 52.0. The number of aromatic nitrogens is 2. The molecule has 0 aliphatic carbocycles. The third-order valence-electron chi connectivity index (χ3n) is 4.22. The molecular weight excluding hydrogens is 322 g/mol. The Morgan fingerprint density at radius 1 is 1.17 bits per heavy atom. The number of rotatable bonds is 6. The first-order valence-electron chi connectivity index (χ1n) is 7.90. The zero-order valence-electron chi connectivity index (χ0n) is 13.1. The van der Waals surface area contributed by atoms with Crippen LogP contribution >= 0.6 is 0 Å². The summed E-state index contributed by atoms with van der Waals surface area (Å²) in [6.45, 7) is 2.27. The highest BCUT2D eigenvalue weighted by Crippen LogP contribution is 2.30. The maximum absolute atomic E-state index is 12.7.